The standard InChI is InChI=1S/C19H20ClNO/c1-19-13-21(10-14-6-3-2-4-7-14)11-17(19)15-8-5-9-18(20)16(15)12-22-19/h2-9,17H,10-13H2,1H3/t17-,19+/m0/s1. The summed E-state index contributed by atoms with van der Waals surface area (Å²) in [5.41, 5.74) is 3.80. The molecule has 0 unspecified atom stereocenters. The predicted octanol–water partition coefficient (Wildman–Crippen LogP) is 4.23. The summed E-state index contributed by atoms with van der Waals surface area (Å²) in [7, 11) is 0. The molecule has 3 heteroatoms. The van der Waals surface area contributed by atoms with Gasteiger partial charge < -0.3 is 4.74 Å². The van der Waals surface area contributed by atoms with Crippen LogP contribution < -0.4 is 0 Å². The third-order valence-corrected chi connectivity index (χ3v) is 5.40. The first-order valence-electron chi connectivity index (χ1n) is 7.83. The summed E-state index contributed by atoms with van der Waals surface area (Å²) in [6.45, 7) is 5.84. The molecule has 1 saturated heterocycles. The number of hydrogen-bond acceptors (Lipinski definition) is 2. The number of nitrogens with zero attached hydrogens (tertiary/aromatic N) is 1. The quantitative estimate of drug-likeness (QED) is 0.822. The van der Waals surface area contributed by atoms with E-state index < -0.39 is 0 Å². The summed E-state index contributed by atoms with van der Waals surface area (Å²) in [6.07, 6.45) is 0. The van der Waals surface area contributed by atoms with E-state index in [-0.39, 0.29) is 5.60 Å². The van der Waals surface area contributed by atoms with E-state index in [1.165, 1.54) is 16.7 Å². The van der Waals surface area contributed by atoms with Gasteiger partial charge in [0.1, 0.15) is 0 Å². The van der Waals surface area contributed by atoms with Gasteiger partial charge in [-0.15, -0.1) is 0 Å². The zero-order valence-corrected chi connectivity index (χ0v) is 13.5. The second kappa shape index (κ2) is 5.38. The number of rotatable bonds is 2. The Kier molecular flexibility index (Phi) is 3.48. The van der Waals surface area contributed by atoms with Gasteiger partial charge in [0.15, 0.2) is 0 Å². The van der Waals surface area contributed by atoms with Gasteiger partial charge in [0.05, 0.1) is 12.2 Å². The Morgan fingerprint density at radius 3 is 2.82 bits per heavy atom. The van der Waals surface area contributed by atoms with Crippen LogP contribution in [0.15, 0.2) is 48.5 Å². The van der Waals surface area contributed by atoms with E-state index in [1.54, 1.807) is 0 Å². The van der Waals surface area contributed by atoms with Crippen LogP contribution in [0.3, 0.4) is 0 Å². The molecular weight excluding hydrogens is 294 g/mol. The minimum absolute atomic E-state index is 0.105. The van der Waals surface area contributed by atoms with Gasteiger partial charge in [-0.1, -0.05) is 54.1 Å². The molecule has 2 heterocycles. The van der Waals surface area contributed by atoms with Gasteiger partial charge in [-0.05, 0) is 29.7 Å². The fourth-order valence-corrected chi connectivity index (χ4v) is 4.13. The van der Waals surface area contributed by atoms with Crippen molar-refractivity contribution in [3.8, 4) is 0 Å². The maximum absolute atomic E-state index is 6.35. The second-order valence-electron chi connectivity index (χ2n) is 6.62. The Balaban J connectivity index is 1.61. The van der Waals surface area contributed by atoms with Crippen LogP contribution in [0.2, 0.25) is 5.02 Å². The smallest absolute Gasteiger partial charge is 0.0866 e. The lowest BCUT2D eigenvalue weighted by molar-refractivity contribution is -0.0567. The summed E-state index contributed by atoms with van der Waals surface area (Å²) in [5, 5.41) is 0.834. The third-order valence-electron chi connectivity index (χ3n) is 5.04. The normalized spacial score (nSPS) is 27.5. The van der Waals surface area contributed by atoms with Crippen molar-refractivity contribution in [2.45, 2.75) is 31.6 Å². The minimum Gasteiger partial charge on any atom is -0.369 e. The van der Waals surface area contributed by atoms with Crippen LogP contribution in [-0.4, -0.2) is 23.6 Å². The van der Waals surface area contributed by atoms with E-state index in [1.807, 2.05) is 6.07 Å². The first-order chi connectivity index (χ1) is 10.7. The Labute approximate surface area is 136 Å². The first-order valence-corrected chi connectivity index (χ1v) is 8.21. The minimum atomic E-state index is -0.105. The van der Waals surface area contributed by atoms with Gasteiger partial charge in [0.2, 0.25) is 0 Å². The maximum atomic E-state index is 6.35. The number of ether oxygens (including phenoxy) is 1. The van der Waals surface area contributed by atoms with E-state index in [9.17, 15) is 0 Å². The van der Waals surface area contributed by atoms with Gasteiger partial charge >= 0.3 is 0 Å². The van der Waals surface area contributed by atoms with Gasteiger partial charge in [0.25, 0.3) is 0 Å². The molecular formula is C19H20ClNO. The highest BCUT2D eigenvalue weighted by molar-refractivity contribution is 6.31. The molecule has 114 valence electrons. The zero-order chi connectivity index (χ0) is 15.2. The molecule has 2 aliphatic rings. The molecule has 2 nitrogen and oxygen atoms in total. The fourth-order valence-electron chi connectivity index (χ4n) is 3.90. The van der Waals surface area contributed by atoms with E-state index in [0.29, 0.717) is 12.5 Å². The number of likely N-dealkylation sites (tertiary alicyclic amines) is 1. The molecule has 0 radical (unpaired) electrons. The summed E-state index contributed by atoms with van der Waals surface area (Å²) < 4.78 is 6.24. The van der Waals surface area contributed by atoms with Crippen LogP contribution in [0.5, 0.6) is 0 Å². The van der Waals surface area contributed by atoms with Crippen molar-refractivity contribution in [3.63, 3.8) is 0 Å². The maximum Gasteiger partial charge on any atom is 0.0866 e. The van der Waals surface area contributed by atoms with Gasteiger partial charge in [-0.2, -0.15) is 0 Å². The van der Waals surface area contributed by atoms with E-state index in [2.05, 4.69) is 54.3 Å². The summed E-state index contributed by atoms with van der Waals surface area (Å²) >= 11 is 6.35. The molecule has 0 aromatic heterocycles. The monoisotopic (exact) mass is 313 g/mol. The molecule has 0 bridgehead atoms. The molecule has 2 atom stereocenters. The molecule has 22 heavy (non-hydrogen) atoms. The van der Waals surface area contributed by atoms with Crippen LogP contribution in [0, 0.1) is 0 Å². The highest BCUT2D eigenvalue weighted by Gasteiger charge is 2.48. The molecule has 0 amide bonds. The van der Waals surface area contributed by atoms with Crippen molar-refractivity contribution in [2.75, 3.05) is 13.1 Å². The molecule has 2 aromatic carbocycles. The molecule has 2 aromatic rings. The average Bonchev–Trinajstić information content (AvgIpc) is 2.85. The van der Waals surface area contributed by atoms with Crippen molar-refractivity contribution in [1.82, 2.24) is 4.90 Å². The van der Waals surface area contributed by atoms with Crippen molar-refractivity contribution >= 4 is 11.6 Å². The molecule has 0 aliphatic carbocycles. The first kappa shape index (κ1) is 14.3. The SMILES string of the molecule is C[C@@]12CN(Cc3ccccc3)C[C@H]1c1cccc(Cl)c1CO2. The van der Waals surface area contributed by atoms with Crippen molar-refractivity contribution in [1.29, 1.82) is 0 Å². The Bertz CT molecular complexity index is 687. The summed E-state index contributed by atoms with van der Waals surface area (Å²) in [5.74, 6) is 0.402. The Morgan fingerprint density at radius 1 is 1.18 bits per heavy atom. The molecule has 4 rings (SSSR count). The lowest BCUT2D eigenvalue weighted by atomic mass is 9.81. The topological polar surface area (TPSA) is 12.5 Å². The number of fused-ring (bicyclic) bond motifs is 3. The fraction of sp³-hybridized carbons (Fsp3) is 0.368. The van der Waals surface area contributed by atoms with Gasteiger partial charge in [-0.25, -0.2) is 0 Å². The number of benzene rings is 2. The second-order valence-corrected chi connectivity index (χ2v) is 7.02. The van der Waals surface area contributed by atoms with Crippen LogP contribution >= 0.6 is 11.6 Å². The molecule has 2 aliphatic heterocycles. The number of halogens is 1. The van der Waals surface area contributed by atoms with Crippen molar-refractivity contribution in [3.05, 3.63) is 70.2 Å². The predicted molar refractivity (Wildman–Crippen MR) is 89.1 cm³/mol. The molecule has 1 fully saturated rings. The van der Waals surface area contributed by atoms with Gasteiger partial charge in [0, 0.05) is 30.6 Å². The van der Waals surface area contributed by atoms with E-state index in [0.717, 1.165) is 24.7 Å². The molecule has 0 N–H and O–H groups in total. The third kappa shape index (κ3) is 2.36. The van der Waals surface area contributed by atoms with E-state index in [4.69, 9.17) is 16.3 Å². The summed E-state index contributed by atoms with van der Waals surface area (Å²) in [4.78, 5) is 2.50. The lowest BCUT2D eigenvalue weighted by Gasteiger charge is -2.37. The highest BCUT2D eigenvalue weighted by Crippen LogP contribution is 2.45. The van der Waals surface area contributed by atoms with Crippen LogP contribution in [-0.2, 0) is 17.9 Å². The van der Waals surface area contributed by atoms with E-state index >= 15 is 0 Å². The number of hydrogen-bond donors (Lipinski definition) is 0. The van der Waals surface area contributed by atoms with Crippen molar-refractivity contribution < 1.29 is 4.74 Å². The molecule has 0 spiro atoms. The van der Waals surface area contributed by atoms with Crippen LogP contribution in [0.25, 0.3) is 0 Å². The summed E-state index contributed by atoms with van der Waals surface area (Å²) in [6, 6.07) is 16.9. The van der Waals surface area contributed by atoms with Gasteiger partial charge in [-0.3, -0.25) is 4.90 Å². The zero-order valence-electron chi connectivity index (χ0n) is 12.8. The lowest BCUT2D eigenvalue weighted by Crippen LogP contribution is -2.40. The average molecular weight is 314 g/mol. The van der Waals surface area contributed by atoms with Crippen LogP contribution in [0.1, 0.15) is 29.5 Å². The highest BCUT2D eigenvalue weighted by atomic mass is 35.5. The molecule has 0 saturated carbocycles. The Morgan fingerprint density at radius 2 is 2.00 bits per heavy atom. The van der Waals surface area contributed by atoms with Crippen molar-refractivity contribution in [2.24, 2.45) is 0 Å². The van der Waals surface area contributed by atoms with Crippen LogP contribution in [0.4, 0.5) is 0 Å². The Hall–Kier alpha value is -1.35. The largest absolute Gasteiger partial charge is 0.369 e.